The minimum absolute atomic E-state index is 0.325. The smallest absolute Gasteiger partial charge is 0.184 e. The van der Waals surface area contributed by atoms with E-state index in [9.17, 15) is 0 Å². The lowest BCUT2D eigenvalue weighted by molar-refractivity contribution is -0.322. The summed E-state index contributed by atoms with van der Waals surface area (Å²) in [6.07, 6.45) is 12.2. The van der Waals surface area contributed by atoms with E-state index in [1.54, 1.807) is 0 Å². The van der Waals surface area contributed by atoms with Gasteiger partial charge in [0.05, 0.1) is 12.1 Å². The van der Waals surface area contributed by atoms with E-state index in [1.165, 1.54) is 51.4 Å². The van der Waals surface area contributed by atoms with Gasteiger partial charge in [0, 0.05) is 19.6 Å². The number of hydrogen-bond acceptors (Lipinski definition) is 4. The van der Waals surface area contributed by atoms with Crippen LogP contribution in [0.5, 0.6) is 0 Å². The summed E-state index contributed by atoms with van der Waals surface area (Å²) in [6.45, 7) is 11.3. The molecule has 0 radical (unpaired) electrons. The van der Waals surface area contributed by atoms with Crippen LogP contribution in [0, 0.1) is 52.3 Å². The molecule has 3 N–H and O–H groups in total. The van der Waals surface area contributed by atoms with Crippen molar-refractivity contribution in [3.8, 4) is 0 Å². The monoisotopic (exact) mass is 444 g/mol. The molecule has 0 aromatic rings. The molecule has 0 aromatic heterocycles. The molecule has 182 valence electrons. The molecule has 6 rings (SSSR count). The number of rotatable bonds is 1. The SMILES string of the molecule is CO[C@]12C[C@@H](C)CN[C@@H]1[C@@H](C)[C@H]1[C@@H](C[C@H]3[C@@H]4CC[C@H]5C[C@@H](N)CC[C@]5(C)[C@H]4CC[C@]13C)O2. The third kappa shape index (κ3) is 2.88. The van der Waals surface area contributed by atoms with Crippen molar-refractivity contribution in [3.05, 3.63) is 0 Å². The zero-order valence-electron chi connectivity index (χ0n) is 21.2. The Morgan fingerprint density at radius 1 is 0.969 bits per heavy atom. The molecule has 0 spiro atoms. The number of nitrogens with one attached hydrogen (secondary N) is 1. The Kier molecular flexibility index (Phi) is 5.17. The first-order chi connectivity index (χ1) is 15.2. The number of ether oxygens (including phenoxy) is 2. The quantitative estimate of drug-likeness (QED) is 0.600. The van der Waals surface area contributed by atoms with Crippen LogP contribution in [0.15, 0.2) is 0 Å². The Bertz CT molecular complexity index is 745. The molecule has 4 aliphatic carbocycles. The molecule has 13 atom stereocenters. The fourth-order valence-corrected chi connectivity index (χ4v) is 11.0. The van der Waals surface area contributed by atoms with Gasteiger partial charge >= 0.3 is 0 Å². The second kappa shape index (κ2) is 7.42. The highest BCUT2D eigenvalue weighted by Crippen LogP contribution is 2.70. The van der Waals surface area contributed by atoms with Gasteiger partial charge in [-0.3, -0.25) is 0 Å². The number of nitrogens with two attached hydrogens (primary N) is 1. The van der Waals surface area contributed by atoms with Crippen LogP contribution in [0.3, 0.4) is 0 Å². The van der Waals surface area contributed by atoms with E-state index < -0.39 is 5.79 Å². The standard InChI is InChI=1S/C28H48N2O2/c1-16-14-28(31-5)25(30-15-16)17(2)24-23(32-28)13-22-20-7-6-18-12-19(29)8-10-26(18,3)21(20)9-11-27(22,24)4/h16-25,30H,6-15,29H2,1-5H3/t16-,17+,18+,19+,20-,21+,22+,23-,24+,25-,26+,27+,28+/m1/s1. The van der Waals surface area contributed by atoms with E-state index in [2.05, 4.69) is 33.0 Å². The van der Waals surface area contributed by atoms with E-state index in [0.717, 1.165) is 36.6 Å². The Labute approximate surface area is 196 Å². The maximum Gasteiger partial charge on any atom is 0.184 e. The molecule has 6 fully saturated rings. The molecule has 4 saturated carbocycles. The molecule has 4 nitrogen and oxygen atoms in total. The molecule has 0 aromatic carbocycles. The van der Waals surface area contributed by atoms with E-state index >= 15 is 0 Å². The topological polar surface area (TPSA) is 56.5 Å². The summed E-state index contributed by atoms with van der Waals surface area (Å²) in [4.78, 5) is 0. The first-order valence-corrected chi connectivity index (χ1v) is 13.9. The second-order valence-electron chi connectivity index (χ2n) is 13.7. The van der Waals surface area contributed by atoms with Gasteiger partial charge in [0.15, 0.2) is 5.79 Å². The van der Waals surface area contributed by atoms with Crippen molar-refractivity contribution in [3.63, 3.8) is 0 Å². The first-order valence-electron chi connectivity index (χ1n) is 13.9. The predicted octanol–water partition coefficient (Wildman–Crippen LogP) is 4.96. The zero-order chi connectivity index (χ0) is 22.5. The predicted molar refractivity (Wildman–Crippen MR) is 128 cm³/mol. The number of methoxy groups -OCH3 is 1. The minimum Gasteiger partial charge on any atom is -0.352 e. The number of fused-ring (bicyclic) bond motifs is 8. The van der Waals surface area contributed by atoms with Crippen LogP contribution in [0.2, 0.25) is 0 Å². The molecule has 6 aliphatic rings. The highest BCUT2D eigenvalue weighted by molar-refractivity contribution is 5.16. The van der Waals surface area contributed by atoms with Gasteiger partial charge in [0.25, 0.3) is 0 Å². The average molecular weight is 445 g/mol. The Balaban J connectivity index is 1.31. The summed E-state index contributed by atoms with van der Waals surface area (Å²) >= 11 is 0. The Hall–Kier alpha value is -0.160. The third-order valence-corrected chi connectivity index (χ3v) is 12.4. The summed E-state index contributed by atoms with van der Waals surface area (Å²) in [5.41, 5.74) is 7.38. The van der Waals surface area contributed by atoms with Gasteiger partial charge in [0.1, 0.15) is 0 Å². The first kappa shape index (κ1) is 22.3. The van der Waals surface area contributed by atoms with Crippen molar-refractivity contribution < 1.29 is 9.47 Å². The zero-order valence-corrected chi connectivity index (χ0v) is 21.2. The normalized spacial score (nSPS) is 61.7. The van der Waals surface area contributed by atoms with Crippen LogP contribution in [-0.4, -0.2) is 37.6 Å². The molecular formula is C28H48N2O2. The van der Waals surface area contributed by atoms with Gasteiger partial charge < -0.3 is 20.5 Å². The summed E-state index contributed by atoms with van der Waals surface area (Å²) in [5, 5.41) is 3.88. The molecule has 0 amide bonds. The van der Waals surface area contributed by atoms with Gasteiger partial charge in [-0.05, 0) is 110 Å². The van der Waals surface area contributed by atoms with Gasteiger partial charge in [-0.15, -0.1) is 0 Å². The molecule has 4 heteroatoms. The summed E-state index contributed by atoms with van der Waals surface area (Å²) in [6, 6.07) is 0.775. The summed E-state index contributed by atoms with van der Waals surface area (Å²) in [7, 11) is 1.88. The Morgan fingerprint density at radius 2 is 1.75 bits per heavy atom. The lowest BCUT2D eigenvalue weighted by atomic mass is 9.44. The van der Waals surface area contributed by atoms with Gasteiger partial charge in [-0.2, -0.15) is 0 Å². The van der Waals surface area contributed by atoms with Gasteiger partial charge in [-0.1, -0.05) is 27.7 Å². The lowest BCUT2D eigenvalue weighted by Crippen LogP contribution is -2.69. The van der Waals surface area contributed by atoms with Crippen LogP contribution in [0.25, 0.3) is 0 Å². The minimum atomic E-state index is -0.426. The second-order valence-corrected chi connectivity index (χ2v) is 13.7. The number of piperidine rings is 1. The van der Waals surface area contributed by atoms with Crippen LogP contribution in [0.1, 0.15) is 85.5 Å². The highest BCUT2D eigenvalue weighted by Gasteiger charge is 2.68. The highest BCUT2D eigenvalue weighted by atomic mass is 16.7. The van der Waals surface area contributed by atoms with Crippen molar-refractivity contribution in [2.24, 2.45) is 58.0 Å². The van der Waals surface area contributed by atoms with E-state index in [4.69, 9.17) is 15.2 Å². The molecule has 2 saturated heterocycles. The average Bonchev–Trinajstić information content (AvgIpc) is 3.06. The van der Waals surface area contributed by atoms with Crippen molar-refractivity contribution in [1.29, 1.82) is 0 Å². The maximum absolute atomic E-state index is 7.07. The maximum atomic E-state index is 7.07. The van der Waals surface area contributed by atoms with Crippen molar-refractivity contribution >= 4 is 0 Å². The molecule has 0 bridgehead atoms. The van der Waals surface area contributed by atoms with E-state index in [-0.39, 0.29) is 0 Å². The van der Waals surface area contributed by atoms with Crippen LogP contribution in [0.4, 0.5) is 0 Å². The van der Waals surface area contributed by atoms with E-state index in [0.29, 0.717) is 46.8 Å². The van der Waals surface area contributed by atoms with Crippen molar-refractivity contribution in [2.45, 2.75) is 109 Å². The molecule has 0 unspecified atom stereocenters. The fraction of sp³-hybridized carbons (Fsp3) is 1.00. The molecular weight excluding hydrogens is 396 g/mol. The summed E-state index contributed by atoms with van der Waals surface area (Å²) in [5.74, 6) is 4.91. The summed E-state index contributed by atoms with van der Waals surface area (Å²) < 4.78 is 13.3. The van der Waals surface area contributed by atoms with Crippen LogP contribution >= 0.6 is 0 Å². The van der Waals surface area contributed by atoms with Crippen molar-refractivity contribution in [2.75, 3.05) is 13.7 Å². The van der Waals surface area contributed by atoms with Gasteiger partial charge in [-0.25, -0.2) is 0 Å². The Morgan fingerprint density at radius 3 is 2.53 bits per heavy atom. The van der Waals surface area contributed by atoms with Crippen LogP contribution < -0.4 is 11.1 Å². The van der Waals surface area contributed by atoms with Gasteiger partial charge in [0.2, 0.25) is 0 Å². The fourth-order valence-electron chi connectivity index (χ4n) is 11.0. The largest absolute Gasteiger partial charge is 0.352 e. The molecule has 32 heavy (non-hydrogen) atoms. The van der Waals surface area contributed by atoms with E-state index in [1.807, 2.05) is 7.11 Å². The molecule has 2 heterocycles. The van der Waals surface area contributed by atoms with Crippen molar-refractivity contribution in [1.82, 2.24) is 5.32 Å². The van der Waals surface area contributed by atoms with Crippen LogP contribution in [-0.2, 0) is 9.47 Å². The third-order valence-electron chi connectivity index (χ3n) is 12.4. The molecule has 2 aliphatic heterocycles. The number of hydrogen-bond donors (Lipinski definition) is 2. The lowest BCUT2D eigenvalue weighted by Gasteiger charge is -2.62.